The van der Waals surface area contributed by atoms with Crippen molar-refractivity contribution in [3.63, 3.8) is 0 Å². The predicted octanol–water partition coefficient (Wildman–Crippen LogP) is 3.22. The van der Waals surface area contributed by atoms with Gasteiger partial charge in [-0.25, -0.2) is 13.6 Å². The molecule has 0 saturated carbocycles. The normalized spacial score (nSPS) is 26.3. The second-order valence-electron chi connectivity index (χ2n) is 5.83. The van der Waals surface area contributed by atoms with Crippen LogP contribution in [0.2, 0.25) is 0 Å². The van der Waals surface area contributed by atoms with Crippen molar-refractivity contribution in [2.24, 2.45) is 11.1 Å². The number of allylic oxidation sites excluding steroid dienone is 2. The Labute approximate surface area is 133 Å². The number of hydrogen-bond donors (Lipinski definition) is 2. The molecule has 2 heterocycles. The first-order valence-corrected chi connectivity index (χ1v) is 9.65. The summed E-state index contributed by atoms with van der Waals surface area (Å²) >= 11 is 1.70. The molecule has 1 aromatic heterocycles. The zero-order chi connectivity index (χ0) is 15.3. The van der Waals surface area contributed by atoms with E-state index in [1.807, 2.05) is 6.07 Å². The molecule has 22 heavy (non-hydrogen) atoms. The Balaban J connectivity index is 1.82. The molecule has 0 bridgehead atoms. The average Bonchev–Trinajstić information content (AvgIpc) is 3.16. The van der Waals surface area contributed by atoms with Crippen LogP contribution < -0.4 is 10.5 Å². The summed E-state index contributed by atoms with van der Waals surface area (Å²) in [5.41, 5.74) is 3.32. The zero-order valence-corrected chi connectivity index (χ0v) is 13.4. The molecule has 114 valence electrons. The predicted molar refractivity (Wildman–Crippen MR) is 88.5 cm³/mol. The largest absolute Gasteiger partial charge is 0.378 e. The second-order valence-corrected chi connectivity index (χ2v) is 8.17. The van der Waals surface area contributed by atoms with Gasteiger partial charge in [-0.3, -0.25) is 0 Å². The van der Waals surface area contributed by atoms with E-state index in [9.17, 15) is 8.42 Å². The molecule has 6 heteroatoms. The van der Waals surface area contributed by atoms with Gasteiger partial charge in [0.25, 0.3) is 0 Å². The molecule has 3 N–H and O–H groups in total. The molecule has 0 fully saturated rings. The lowest BCUT2D eigenvalue weighted by molar-refractivity contribution is 0.426. The lowest BCUT2D eigenvalue weighted by atomic mass is 9.77. The molecule has 2 aliphatic rings. The van der Waals surface area contributed by atoms with Crippen molar-refractivity contribution in [3.05, 3.63) is 58.3 Å². The second kappa shape index (κ2) is 4.94. The van der Waals surface area contributed by atoms with Crippen LogP contribution in [0.1, 0.15) is 29.5 Å². The van der Waals surface area contributed by atoms with Crippen LogP contribution in [0.5, 0.6) is 0 Å². The van der Waals surface area contributed by atoms with Crippen molar-refractivity contribution in [3.8, 4) is 0 Å². The van der Waals surface area contributed by atoms with E-state index in [2.05, 4.69) is 34.3 Å². The van der Waals surface area contributed by atoms with E-state index in [0.717, 1.165) is 17.7 Å². The van der Waals surface area contributed by atoms with Gasteiger partial charge in [0.2, 0.25) is 10.0 Å². The Morgan fingerprint density at radius 3 is 2.86 bits per heavy atom. The quantitative estimate of drug-likeness (QED) is 0.829. The van der Waals surface area contributed by atoms with Gasteiger partial charge in [-0.2, -0.15) is 11.3 Å². The summed E-state index contributed by atoms with van der Waals surface area (Å²) in [6.45, 7) is 0. The average molecular weight is 332 g/mol. The van der Waals surface area contributed by atoms with Crippen LogP contribution in [-0.2, 0) is 10.0 Å². The highest BCUT2D eigenvalue weighted by Crippen LogP contribution is 2.50. The fourth-order valence-electron chi connectivity index (χ4n) is 3.53. The van der Waals surface area contributed by atoms with E-state index in [1.54, 1.807) is 23.5 Å². The third kappa shape index (κ3) is 2.18. The number of rotatable bonds is 2. The molecule has 4 rings (SSSR count). The minimum atomic E-state index is -3.67. The van der Waals surface area contributed by atoms with Gasteiger partial charge in [0.05, 0.1) is 10.9 Å². The number of nitrogens with two attached hydrogens (primary N) is 1. The maximum absolute atomic E-state index is 11.6. The van der Waals surface area contributed by atoms with Gasteiger partial charge in [-0.1, -0.05) is 12.2 Å². The van der Waals surface area contributed by atoms with Crippen LogP contribution in [-0.4, -0.2) is 8.42 Å². The minimum Gasteiger partial charge on any atom is -0.378 e. The number of primary sulfonamides is 1. The number of thiophene rings is 1. The van der Waals surface area contributed by atoms with E-state index in [-0.39, 0.29) is 16.9 Å². The number of sulfonamides is 1. The van der Waals surface area contributed by atoms with Crippen molar-refractivity contribution < 1.29 is 8.42 Å². The Morgan fingerprint density at radius 2 is 2.14 bits per heavy atom. The van der Waals surface area contributed by atoms with Gasteiger partial charge >= 0.3 is 0 Å². The van der Waals surface area contributed by atoms with E-state index in [4.69, 9.17) is 5.14 Å². The molecule has 0 spiro atoms. The molecule has 2 aromatic rings. The van der Waals surface area contributed by atoms with Crippen molar-refractivity contribution in [2.45, 2.75) is 23.3 Å². The third-order valence-corrected chi connectivity index (χ3v) is 6.18. The van der Waals surface area contributed by atoms with E-state index >= 15 is 0 Å². The summed E-state index contributed by atoms with van der Waals surface area (Å²) in [7, 11) is -3.67. The molecule has 3 unspecified atom stereocenters. The standard InChI is InChI=1S/C16H16N2O2S2/c17-22(19,20)11-4-5-15-14(8-11)12-2-1-3-13(12)16(18-15)10-6-7-21-9-10/h1-2,4-9,12-13,16,18H,3H2,(H2,17,19,20). The number of fused-ring (bicyclic) bond motifs is 3. The Kier molecular flexibility index (Phi) is 3.14. The van der Waals surface area contributed by atoms with Gasteiger partial charge in [-0.15, -0.1) is 0 Å². The molecule has 1 aliphatic carbocycles. The van der Waals surface area contributed by atoms with Crippen molar-refractivity contribution >= 4 is 27.0 Å². The van der Waals surface area contributed by atoms with Gasteiger partial charge in [0.1, 0.15) is 0 Å². The van der Waals surface area contributed by atoms with Crippen LogP contribution >= 0.6 is 11.3 Å². The third-order valence-electron chi connectivity index (χ3n) is 4.57. The molecule has 0 saturated heterocycles. The fraction of sp³-hybridized carbons (Fsp3) is 0.250. The Hall–Kier alpha value is -1.63. The summed E-state index contributed by atoms with van der Waals surface area (Å²) in [6, 6.07) is 7.54. The summed E-state index contributed by atoms with van der Waals surface area (Å²) in [5, 5.41) is 13.1. The van der Waals surface area contributed by atoms with Gasteiger partial charge in [0, 0.05) is 11.6 Å². The van der Waals surface area contributed by atoms with Crippen LogP contribution in [0, 0.1) is 5.92 Å². The summed E-state index contributed by atoms with van der Waals surface area (Å²) in [5.74, 6) is 0.653. The van der Waals surface area contributed by atoms with Gasteiger partial charge in [-0.05, 0) is 58.5 Å². The number of nitrogens with one attached hydrogen (secondary N) is 1. The first kappa shape index (κ1) is 14.0. The monoisotopic (exact) mass is 332 g/mol. The first-order chi connectivity index (χ1) is 10.5. The number of anilines is 1. The Morgan fingerprint density at radius 1 is 1.27 bits per heavy atom. The molecular formula is C16H16N2O2S2. The summed E-state index contributed by atoms with van der Waals surface area (Å²) < 4.78 is 23.2. The van der Waals surface area contributed by atoms with Crippen molar-refractivity contribution in [2.75, 3.05) is 5.32 Å². The first-order valence-electron chi connectivity index (χ1n) is 7.16. The number of benzene rings is 1. The zero-order valence-electron chi connectivity index (χ0n) is 11.8. The van der Waals surface area contributed by atoms with Gasteiger partial charge in [0.15, 0.2) is 0 Å². The molecule has 3 atom stereocenters. The highest BCUT2D eigenvalue weighted by atomic mass is 32.2. The molecule has 4 nitrogen and oxygen atoms in total. The lowest BCUT2D eigenvalue weighted by Gasteiger charge is -2.37. The van der Waals surface area contributed by atoms with E-state index in [0.29, 0.717) is 5.92 Å². The Bertz CT molecular complexity index is 841. The van der Waals surface area contributed by atoms with Crippen LogP contribution in [0.25, 0.3) is 0 Å². The smallest absolute Gasteiger partial charge is 0.238 e. The molecule has 1 aliphatic heterocycles. The van der Waals surface area contributed by atoms with Gasteiger partial charge < -0.3 is 5.32 Å². The van der Waals surface area contributed by atoms with Crippen LogP contribution in [0.4, 0.5) is 5.69 Å². The summed E-state index contributed by atoms with van der Waals surface area (Å²) in [4.78, 5) is 0.182. The van der Waals surface area contributed by atoms with E-state index in [1.165, 1.54) is 5.56 Å². The highest BCUT2D eigenvalue weighted by Gasteiger charge is 2.38. The van der Waals surface area contributed by atoms with E-state index < -0.39 is 10.0 Å². The SMILES string of the molecule is NS(=O)(=O)c1ccc2c(c1)C1C=CCC1C(c1ccsc1)N2. The maximum atomic E-state index is 11.6. The highest BCUT2D eigenvalue weighted by molar-refractivity contribution is 7.89. The topological polar surface area (TPSA) is 72.2 Å². The van der Waals surface area contributed by atoms with Crippen LogP contribution in [0.3, 0.4) is 0 Å². The summed E-state index contributed by atoms with van der Waals surface area (Å²) in [6.07, 6.45) is 5.38. The van der Waals surface area contributed by atoms with Crippen molar-refractivity contribution in [1.29, 1.82) is 0 Å². The van der Waals surface area contributed by atoms with Crippen LogP contribution in [0.15, 0.2) is 52.1 Å². The number of hydrogen-bond acceptors (Lipinski definition) is 4. The maximum Gasteiger partial charge on any atom is 0.238 e. The fourth-order valence-corrected chi connectivity index (χ4v) is 4.78. The van der Waals surface area contributed by atoms with Crippen molar-refractivity contribution in [1.82, 2.24) is 0 Å². The molecule has 0 amide bonds. The minimum absolute atomic E-state index is 0.182. The molecule has 0 radical (unpaired) electrons. The lowest BCUT2D eigenvalue weighted by Crippen LogP contribution is -2.29. The molecular weight excluding hydrogens is 316 g/mol. The molecule has 1 aromatic carbocycles.